The molecule has 0 aliphatic rings. The number of rotatable bonds is 7. The Balaban J connectivity index is 1.71. The van der Waals surface area contributed by atoms with E-state index >= 15 is 0 Å². The maximum absolute atomic E-state index is 13.5. The third-order valence-electron chi connectivity index (χ3n) is 3.61. The predicted molar refractivity (Wildman–Crippen MR) is 103 cm³/mol. The molecule has 0 saturated carbocycles. The summed E-state index contributed by atoms with van der Waals surface area (Å²) in [6.07, 6.45) is 0. The Labute approximate surface area is 157 Å². The van der Waals surface area contributed by atoms with E-state index in [1.54, 1.807) is 30.5 Å². The molecule has 26 heavy (non-hydrogen) atoms. The summed E-state index contributed by atoms with van der Waals surface area (Å²) in [5, 5.41) is 12.0. The number of aliphatic imine (C=N–C) groups is 1. The second-order valence-electron chi connectivity index (χ2n) is 5.91. The molecule has 0 saturated heterocycles. The molecule has 1 amide bonds. The average Bonchev–Trinajstić information content (AvgIpc) is 3.10. The highest BCUT2D eigenvalue weighted by molar-refractivity contribution is 7.09. The van der Waals surface area contributed by atoms with E-state index in [1.807, 2.05) is 0 Å². The summed E-state index contributed by atoms with van der Waals surface area (Å²) in [4.78, 5) is 20.6. The van der Waals surface area contributed by atoms with Crippen molar-refractivity contribution in [1.82, 2.24) is 20.9 Å². The molecule has 2 aromatic rings. The van der Waals surface area contributed by atoms with E-state index < -0.39 is 11.7 Å². The van der Waals surface area contributed by atoms with Gasteiger partial charge in [0.1, 0.15) is 10.8 Å². The fourth-order valence-corrected chi connectivity index (χ4v) is 3.04. The van der Waals surface area contributed by atoms with Crippen LogP contribution in [-0.2, 0) is 6.54 Å². The Bertz CT molecular complexity index is 760. The summed E-state index contributed by atoms with van der Waals surface area (Å²) >= 11 is 1.61. The molecule has 0 aliphatic carbocycles. The maximum atomic E-state index is 13.5. The first kappa shape index (κ1) is 19.8. The van der Waals surface area contributed by atoms with Gasteiger partial charge in [-0.25, -0.2) is 9.37 Å². The van der Waals surface area contributed by atoms with Crippen LogP contribution in [0.2, 0.25) is 0 Å². The van der Waals surface area contributed by atoms with Crippen molar-refractivity contribution in [3.05, 3.63) is 51.7 Å². The Morgan fingerprint density at radius 1 is 1.23 bits per heavy atom. The zero-order valence-electron chi connectivity index (χ0n) is 15.2. The molecule has 1 heterocycles. The SMILES string of the molecule is CN=C(NCCNC(=O)c1ccccc1F)NCc1nc(C(C)C)cs1. The van der Waals surface area contributed by atoms with Gasteiger partial charge in [-0.3, -0.25) is 9.79 Å². The molecule has 1 aromatic heterocycles. The molecule has 8 heteroatoms. The van der Waals surface area contributed by atoms with Crippen LogP contribution in [0.3, 0.4) is 0 Å². The van der Waals surface area contributed by atoms with Crippen LogP contribution in [0.5, 0.6) is 0 Å². The first-order valence-corrected chi connectivity index (χ1v) is 9.30. The lowest BCUT2D eigenvalue weighted by molar-refractivity contribution is 0.0950. The summed E-state index contributed by atoms with van der Waals surface area (Å²) in [5.41, 5.74) is 1.13. The van der Waals surface area contributed by atoms with E-state index in [2.05, 4.69) is 45.2 Å². The van der Waals surface area contributed by atoms with Crippen molar-refractivity contribution in [2.75, 3.05) is 20.1 Å². The van der Waals surface area contributed by atoms with Gasteiger partial charge in [-0.2, -0.15) is 0 Å². The Kier molecular flexibility index (Phi) is 7.53. The topological polar surface area (TPSA) is 78.4 Å². The number of hydrogen-bond donors (Lipinski definition) is 3. The van der Waals surface area contributed by atoms with Crippen LogP contribution in [0.4, 0.5) is 4.39 Å². The largest absolute Gasteiger partial charge is 0.355 e. The zero-order valence-corrected chi connectivity index (χ0v) is 16.0. The highest BCUT2D eigenvalue weighted by atomic mass is 32.1. The van der Waals surface area contributed by atoms with Gasteiger partial charge in [0.2, 0.25) is 0 Å². The highest BCUT2D eigenvalue weighted by Gasteiger charge is 2.10. The summed E-state index contributed by atoms with van der Waals surface area (Å²) in [7, 11) is 1.68. The number of hydrogen-bond acceptors (Lipinski definition) is 4. The van der Waals surface area contributed by atoms with Crippen LogP contribution in [-0.4, -0.2) is 37.0 Å². The molecule has 0 fully saturated rings. The minimum atomic E-state index is -0.528. The summed E-state index contributed by atoms with van der Waals surface area (Å²) < 4.78 is 13.5. The van der Waals surface area contributed by atoms with Crippen molar-refractivity contribution in [3.63, 3.8) is 0 Å². The van der Waals surface area contributed by atoms with E-state index in [1.165, 1.54) is 12.1 Å². The number of amides is 1. The Hall–Kier alpha value is -2.48. The zero-order chi connectivity index (χ0) is 18.9. The van der Waals surface area contributed by atoms with Gasteiger partial charge in [0.15, 0.2) is 5.96 Å². The third kappa shape index (κ3) is 5.80. The Morgan fingerprint density at radius 3 is 2.62 bits per heavy atom. The fraction of sp³-hybridized carbons (Fsp3) is 0.389. The van der Waals surface area contributed by atoms with Gasteiger partial charge in [0.05, 0.1) is 17.8 Å². The average molecular weight is 377 g/mol. The summed E-state index contributed by atoms with van der Waals surface area (Å²) in [6.45, 7) is 5.63. The molecule has 140 valence electrons. The van der Waals surface area contributed by atoms with E-state index in [4.69, 9.17) is 0 Å². The van der Waals surface area contributed by atoms with Crippen LogP contribution in [0.25, 0.3) is 0 Å². The number of carbonyl (C=O) groups excluding carboxylic acids is 1. The quantitative estimate of drug-likeness (QED) is 0.394. The molecular weight excluding hydrogens is 353 g/mol. The van der Waals surface area contributed by atoms with Crippen molar-refractivity contribution in [1.29, 1.82) is 0 Å². The molecule has 3 N–H and O–H groups in total. The number of carbonyl (C=O) groups is 1. The number of nitrogens with one attached hydrogen (secondary N) is 3. The van der Waals surface area contributed by atoms with Gasteiger partial charge in [0.25, 0.3) is 5.91 Å². The van der Waals surface area contributed by atoms with Crippen LogP contribution >= 0.6 is 11.3 Å². The van der Waals surface area contributed by atoms with Crippen LogP contribution in [0.15, 0.2) is 34.6 Å². The van der Waals surface area contributed by atoms with Crippen LogP contribution < -0.4 is 16.0 Å². The minimum absolute atomic E-state index is 0.0414. The standard InChI is InChI=1S/C18H24FN5OS/c1-12(2)15-11-26-16(24-15)10-23-18(20-3)22-9-8-21-17(25)13-6-4-5-7-14(13)19/h4-7,11-12H,8-10H2,1-3H3,(H,21,25)(H2,20,22,23). The van der Waals surface area contributed by atoms with Gasteiger partial charge in [-0.1, -0.05) is 26.0 Å². The number of guanidine groups is 1. The smallest absolute Gasteiger partial charge is 0.254 e. The molecule has 2 rings (SSSR count). The highest BCUT2D eigenvalue weighted by Crippen LogP contribution is 2.17. The molecule has 0 atom stereocenters. The van der Waals surface area contributed by atoms with Crippen molar-refractivity contribution in [3.8, 4) is 0 Å². The van der Waals surface area contributed by atoms with E-state index in [-0.39, 0.29) is 5.56 Å². The van der Waals surface area contributed by atoms with Gasteiger partial charge >= 0.3 is 0 Å². The third-order valence-corrected chi connectivity index (χ3v) is 4.48. The summed E-state index contributed by atoms with van der Waals surface area (Å²) in [6, 6.07) is 5.90. The monoisotopic (exact) mass is 377 g/mol. The second-order valence-corrected chi connectivity index (χ2v) is 6.85. The van der Waals surface area contributed by atoms with Crippen molar-refractivity contribution in [2.24, 2.45) is 4.99 Å². The lowest BCUT2D eigenvalue weighted by atomic mass is 10.2. The molecular formula is C18H24FN5OS. The van der Waals surface area contributed by atoms with Gasteiger partial charge in [-0.05, 0) is 18.1 Å². The maximum Gasteiger partial charge on any atom is 0.254 e. The number of thiazole rings is 1. The fourth-order valence-electron chi connectivity index (χ4n) is 2.15. The number of nitrogens with zero attached hydrogens (tertiary/aromatic N) is 2. The van der Waals surface area contributed by atoms with E-state index in [0.717, 1.165) is 10.7 Å². The number of benzene rings is 1. The molecule has 0 aliphatic heterocycles. The number of halogens is 1. The first-order valence-electron chi connectivity index (χ1n) is 8.42. The number of aromatic nitrogens is 1. The van der Waals surface area contributed by atoms with Crippen molar-refractivity contribution in [2.45, 2.75) is 26.3 Å². The second kappa shape index (κ2) is 9.86. The molecule has 1 aromatic carbocycles. The Morgan fingerprint density at radius 2 is 1.96 bits per heavy atom. The molecule has 0 bridgehead atoms. The minimum Gasteiger partial charge on any atom is -0.355 e. The van der Waals surface area contributed by atoms with Crippen LogP contribution in [0.1, 0.15) is 40.8 Å². The van der Waals surface area contributed by atoms with E-state index in [9.17, 15) is 9.18 Å². The molecule has 0 unspecified atom stereocenters. The normalized spacial score (nSPS) is 11.5. The molecule has 6 nitrogen and oxygen atoms in total. The van der Waals surface area contributed by atoms with Crippen LogP contribution in [0, 0.1) is 5.82 Å². The van der Waals surface area contributed by atoms with Gasteiger partial charge in [-0.15, -0.1) is 11.3 Å². The van der Waals surface area contributed by atoms with Gasteiger partial charge in [0, 0.05) is 25.5 Å². The lowest BCUT2D eigenvalue weighted by Gasteiger charge is -2.11. The summed E-state index contributed by atoms with van der Waals surface area (Å²) in [5.74, 6) is 0.0680. The predicted octanol–water partition coefficient (Wildman–Crippen LogP) is 2.50. The first-order chi connectivity index (χ1) is 12.5. The molecule has 0 spiro atoms. The molecule has 0 radical (unpaired) electrons. The van der Waals surface area contributed by atoms with Crippen molar-refractivity contribution < 1.29 is 9.18 Å². The van der Waals surface area contributed by atoms with E-state index in [0.29, 0.717) is 31.5 Å². The lowest BCUT2D eigenvalue weighted by Crippen LogP contribution is -2.41. The van der Waals surface area contributed by atoms with Gasteiger partial charge < -0.3 is 16.0 Å². The van der Waals surface area contributed by atoms with Crippen molar-refractivity contribution >= 4 is 23.2 Å².